The summed E-state index contributed by atoms with van der Waals surface area (Å²) in [6.07, 6.45) is 4.95. The van der Waals surface area contributed by atoms with Gasteiger partial charge in [-0.05, 0) is 56.6 Å². The van der Waals surface area contributed by atoms with Crippen LogP contribution in [0.2, 0.25) is 0 Å². The highest BCUT2D eigenvalue weighted by atomic mass is 16.5. The number of hydrogen-bond acceptors (Lipinski definition) is 5. The fraction of sp³-hybridized carbons (Fsp3) is 0.421. The van der Waals surface area contributed by atoms with Gasteiger partial charge in [-0.3, -0.25) is 15.0 Å². The molecule has 0 atom stereocenters. The molecule has 0 unspecified atom stereocenters. The topological polar surface area (TPSA) is 67.3 Å². The maximum absolute atomic E-state index is 12.3. The Morgan fingerprint density at radius 1 is 1.24 bits per heavy atom. The van der Waals surface area contributed by atoms with Gasteiger partial charge >= 0.3 is 0 Å². The Kier molecular flexibility index (Phi) is 5.95. The zero-order valence-electron chi connectivity index (χ0n) is 14.5. The largest absolute Gasteiger partial charge is 0.492 e. The van der Waals surface area contributed by atoms with E-state index in [9.17, 15) is 4.79 Å². The molecule has 6 nitrogen and oxygen atoms in total. The average Bonchev–Trinajstić information content (AvgIpc) is 2.63. The molecule has 1 saturated heterocycles. The van der Waals surface area contributed by atoms with Crippen LogP contribution < -0.4 is 10.1 Å². The molecule has 1 fully saturated rings. The monoisotopic (exact) mass is 340 g/mol. The van der Waals surface area contributed by atoms with E-state index < -0.39 is 0 Å². The van der Waals surface area contributed by atoms with Crippen molar-refractivity contribution in [2.75, 3.05) is 31.6 Å². The molecule has 0 saturated carbocycles. The Hall–Kier alpha value is -2.47. The molecule has 1 aliphatic rings. The van der Waals surface area contributed by atoms with Gasteiger partial charge in [-0.25, -0.2) is 9.97 Å². The molecular formula is C19H24N4O2. The SMILES string of the molecule is Cc1cccc(OCCN2CCC(C(=O)Nc3ncccn3)CC2)c1. The first kappa shape index (κ1) is 17.4. The second-order valence-corrected chi connectivity index (χ2v) is 6.34. The molecule has 1 aromatic heterocycles. The van der Waals surface area contributed by atoms with Crippen LogP contribution in [-0.2, 0) is 4.79 Å². The third-order valence-electron chi connectivity index (χ3n) is 4.42. The van der Waals surface area contributed by atoms with Crippen molar-refractivity contribution in [3.05, 3.63) is 48.3 Å². The van der Waals surface area contributed by atoms with E-state index >= 15 is 0 Å². The minimum absolute atomic E-state index is 0.0156. The first-order chi connectivity index (χ1) is 12.2. The summed E-state index contributed by atoms with van der Waals surface area (Å²) in [5.74, 6) is 1.33. The van der Waals surface area contributed by atoms with Gasteiger partial charge in [0.25, 0.3) is 0 Å². The van der Waals surface area contributed by atoms with Crippen molar-refractivity contribution in [1.82, 2.24) is 14.9 Å². The second kappa shape index (κ2) is 8.58. The van der Waals surface area contributed by atoms with Crippen LogP contribution in [0, 0.1) is 12.8 Å². The number of nitrogens with one attached hydrogen (secondary N) is 1. The minimum atomic E-state index is 0.0156. The Morgan fingerprint density at radius 3 is 2.72 bits per heavy atom. The number of nitrogens with zero attached hydrogens (tertiary/aromatic N) is 3. The Labute approximate surface area is 148 Å². The predicted octanol–water partition coefficient (Wildman–Crippen LogP) is 2.51. The molecule has 0 spiro atoms. The van der Waals surface area contributed by atoms with E-state index in [0.717, 1.165) is 38.2 Å². The van der Waals surface area contributed by atoms with E-state index in [4.69, 9.17) is 4.74 Å². The number of benzene rings is 1. The number of aryl methyl sites for hydroxylation is 1. The lowest BCUT2D eigenvalue weighted by Crippen LogP contribution is -2.40. The van der Waals surface area contributed by atoms with Crippen molar-refractivity contribution in [3.8, 4) is 5.75 Å². The molecule has 3 rings (SSSR count). The molecule has 132 valence electrons. The van der Waals surface area contributed by atoms with Crippen molar-refractivity contribution in [1.29, 1.82) is 0 Å². The van der Waals surface area contributed by atoms with Crippen molar-refractivity contribution in [3.63, 3.8) is 0 Å². The Morgan fingerprint density at radius 2 is 2.00 bits per heavy atom. The van der Waals surface area contributed by atoms with Crippen molar-refractivity contribution < 1.29 is 9.53 Å². The van der Waals surface area contributed by atoms with Crippen LogP contribution in [-0.4, -0.2) is 47.0 Å². The smallest absolute Gasteiger partial charge is 0.229 e. The van der Waals surface area contributed by atoms with Crippen LogP contribution in [0.25, 0.3) is 0 Å². The molecule has 1 aromatic carbocycles. The van der Waals surface area contributed by atoms with E-state index in [0.29, 0.717) is 12.6 Å². The number of carbonyl (C=O) groups excluding carboxylic acids is 1. The number of likely N-dealkylation sites (tertiary alicyclic amines) is 1. The summed E-state index contributed by atoms with van der Waals surface area (Å²) in [4.78, 5) is 22.7. The number of piperidine rings is 1. The third kappa shape index (κ3) is 5.26. The lowest BCUT2D eigenvalue weighted by molar-refractivity contribution is -0.121. The third-order valence-corrected chi connectivity index (χ3v) is 4.42. The van der Waals surface area contributed by atoms with Gasteiger partial charge in [0.15, 0.2) is 0 Å². The van der Waals surface area contributed by atoms with E-state index in [-0.39, 0.29) is 11.8 Å². The standard InChI is InChI=1S/C19H24N4O2/c1-15-4-2-5-17(14-15)25-13-12-23-10-6-16(7-11-23)18(24)22-19-20-8-3-9-21-19/h2-5,8-9,14,16H,6-7,10-13H2,1H3,(H,20,21,22,24). The lowest BCUT2D eigenvalue weighted by Gasteiger charge is -2.30. The van der Waals surface area contributed by atoms with Crippen molar-refractivity contribution in [2.45, 2.75) is 19.8 Å². The summed E-state index contributed by atoms with van der Waals surface area (Å²) < 4.78 is 5.81. The Balaban J connectivity index is 1.37. The number of amides is 1. The van der Waals surface area contributed by atoms with Gasteiger partial charge in [-0.15, -0.1) is 0 Å². The van der Waals surface area contributed by atoms with Crippen LogP contribution in [0.4, 0.5) is 5.95 Å². The van der Waals surface area contributed by atoms with E-state index in [1.807, 2.05) is 18.2 Å². The minimum Gasteiger partial charge on any atom is -0.492 e. The van der Waals surface area contributed by atoms with Gasteiger partial charge < -0.3 is 4.74 Å². The number of aromatic nitrogens is 2. The van der Waals surface area contributed by atoms with Gasteiger partial charge in [0.05, 0.1) is 0 Å². The molecule has 1 aliphatic heterocycles. The highest BCUT2D eigenvalue weighted by Crippen LogP contribution is 2.19. The van der Waals surface area contributed by atoms with E-state index in [2.05, 4.69) is 33.2 Å². The van der Waals surface area contributed by atoms with E-state index in [1.54, 1.807) is 18.5 Å². The number of anilines is 1. The summed E-state index contributed by atoms with van der Waals surface area (Å²) in [6.45, 7) is 5.42. The maximum Gasteiger partial charge on any atom is 0.229 e. The molecule has 6 heteroatoms. The highest BCUT2D eigenvalue weighted by molar-refractivity contribution is 5.90. The average molecular weight is 340 g/mol. The lowest BCUT2D eigenvalue weighted by atomic mass is 9.96. The predicted molar refractivity (Wildman–Crippen MR) is 96.5 cm³/mol. The highest BCUT2D eigenvalue weighted by Gasteiger charge is 2.25. The molecule has 1 amide bonds. The second-order valence-electron chi connectivity index (χ2n) is 6.34. The molecule has 2 aromatic rings. The molecule has 25 heavy (non-hydrogen) atoms. The molecule has 1 N–H and O–H groups in total. The van der Waals surface area contributed by atoms with Crippen LogP contribution in [0.1, 0.15) is 18.4 Å². The fourth-order valence-corrected chi connectivity index (χ4v) is 2.99. The molecular weight excluding hydrogens is 316 g/mol. The van der Waals surface area contributed by atoms with Gasteiger partial charge in [0.1, 0.15) is 12.4 Å². The zero-order chi connectivity index (χ0) is 17.5. The number of carbonyl (C=O) groups is 1. The zero-order valence-corrected chi connectivity index (χ0v) is 14.5. The molecule has 0 aliphatic carbocycles. The van der Waals surface area contributed by atoms with E-state index in [1.165, 1.54) is 5.56 Å². The quantitative estimate of drug-likeness (QED) is 0.875. The van der Waals surface area contributed by atoms with Crippen molar-refractivity contribution >= 4 is 11.9 Å². The van der Waals surface area contributed by atoms with Crippen LogP contribution >= 0.6 is 0 Å². The number of hydrogen-bond donors (Lipinski definition) is 1. The summed E-state index contributed by atoms with van der Waals surface area (Å²) in [6, 6.07) is 9.82. The van der Waals surface area contributed by atoms with Crippen LogP contribution in [0.5, 0.6) is 5.75 Å². The summed E-state index contributed by atoms with van der Waals surface area (Å²) in [5.41, 5.74) is 1.20. The van der Waals surface area contributed by atoms with Gasteiger partial charge in [0.2, 0.25) is 11.9 Å². The van der Waals surface area contributed by atoms with Gasteiger partial charge in [-0.1, -0.05) is 12.1 Å². The van der Waals surface area contributed by atoms with Gasteiger partial charge in [-0.2, -0.15) is 0 Å². The molecule has 0 radical (unpaired) electrons. The fourth-order valence-electron chi connectivity index (χ4n) is 2.99. The van der Waals surface area contributed by atoms with Crippen molar-refractivity contribution in [2.24, 2.45) is 5.92 Å². The molecule has 2 heterocycles. The normalized spacial score (nSPS) is 15.7. The summed E-state index contributed by atoms with van der Waals surface area (Å²) in [7, 11) is 0. The van der Waals surface area contributed by atoms with Gasteiger partial charge in [0, 0.05) is 24.9 Å². The maximum atomic E-state index is 12.3. The van der Waals surface area contributed by atoms with Crippen LogP contribution in [0.3, 0.4) is 0 Å². The molecule has 0 bridgehead atoms. The van der Waals surface area contributed by atoms with Crippen LogP contribution in [0.15, 0.2) is 42.7 Å². The Bertz CT molecular complexity index is 685. The summed E-state index contributed by atoms with van der Waals surface area (Å²) in [5, 5.41) is 2.79. The number of ether oxygens (including phenoxy) is 1. The number of rotatable bonds is 6. The summed E-state index contributed by atoms with van der Waals surface area (Å²) >= 11 is 0. The first-order valence-electron chi connectivity index (χ1n) is 8.70. The first-order valence-corrected chi connectivity index (χ1v) is 8.70.